The van der Waals surface area contributed by atoms with Crippen molar-refractivity contribution in [3.05, 3.63) is 36.5 Å². The predicted octanol–water partition coefficient (Wildman–Crippen LogP) is 2.58. The fourth-order valence-electron chi connectivity index (χ4n) is 2.58. The molecule has 1 aromatic heterocycles. The Hall–Kier alpha value is -2.39. The SMILES string of the molecule is CN(C(=O)C1CCN(C#N)C1)c1ncc(-c2ccccc2)s1. The number of hydrogen-bond acceptors (Lipinski definition) is 5. The van der Waals surface area contributed by atoms with Crippen molar-refractivity contribution >= 4 is 22.4 Å². The number of carbonyl (C=O) groups excluding carboxylic acids is 1. The first-order valence-electron chi connectivity index (χ1n) is 7.12. The van der Waals surface area contributed by atoms with Crippen LogP contribution >= 0.6 is 11.3 Å². The highest BCUT2D eigenvalue weighted by molar-refractivity contribution is 7.19. The maximum atomic E-state index is 12.5. The molecule has 112 valence electrons. The summed E-state index contributed by atoms with van der Waals surface area (Å²) in [5, 5.41) is 9.59. The number of nitriles is 1. The summed E-state index contributed by atoms with van der Waals surface area (Å²) in [6, 6.07) is 10.0. The number of thiazole rings is 1. The van der Waals surface area contributed by atoms with Gasteiger partial charge in [-0.15, -0.1) is 0 Å². The summed E-state index contributed by atoms with van der Waals surface area (Å²) in [7, 11) is 1.75. The average molecular weight is 312 g/mol. The van der Waals surface area contributed by atoms with E-state index < -0.39 is 0 Å². The van der Waals surface area contributed by atoms with Gasteiger partial charge in [0.1, 0.15) is 0 Å². The molecule has 5 nitrogen and oxygen atoms in total. The Bertz CT molecular complexity index is 706. The number of amides is 1. The molecule has 0 spiro atoms. The molecule has 1 saturated heterocycles. The standard InChI is InChI=1S/C16H16N4OS/c1-19(15(21)13-7-8-20(10-13)11-17)16-18-9-14(22-16)12-5-3-2-4-6-12/h2-6,9,13H,7-8,10H2,1H3. The normalized spacial score (nSPS) is 17.3. The Morgan fingerprint density at radius 1 is 1.45 bits per heavy atom. The third kappa shape index (κ3) is 2.81. The van der Waals surface area contributed by atoms with Crippen LogP contribution in [0.3, 0.4) is 0 Å². The number of anilines is 1. The molecule has 1 amide bonds. The number of rotatable bonds is 3. The molecule has 1 aliphatic rings. The van der Waals surface area contributed by atoms with Gasteiger partial charge in [-0.2, -0.15) is 5.26 Å². The van der Waals surface area contributed by atoms with Crippen LogP contribution in [0.5, 0.6) is 0 Å². The van der Waals surface area contributed by atoms with Gasteiger partial charge in [-0.1, -0.05) is 41.7 Å². The van der Waals surface area contributed by atoms with E-state index in [1.807, 2.05) is 30.3 Å². The molecule has 0 radical (unpaired) electrons. The summed E-state index contributed by atoms with van der Waals surface area (Å²) >= 11 is 1.50. The second-order valence-electron chi connectivity index (χ2n) is 5.30. The Labute approximate surface area is 133 Å². The zero-order valence-corrected chi connectivity index (χ0v) is 13.1. The first-order chi connectivity index (χ1) is 10.7. The van der Waals surface area contributed by atoms with E-state index in [-0.39, 0.29) is 11.8 Å². The third-order valence-electron chi connectivity index (χ3n) is 3.85. The molecule has 2 aromatic rings. The fraction of sp³-hybridized carbons (Fsp3) is 0.312. The average Bonchev–Trinajstić information content (AvgIpc) is 3.23. The minimum absolute atomic E-state index is 0.0340. The lowest BCUT2D eigenvalue weighted by Gasteiger charge is -2.17. The predicted molar refractivity (Wildman–Crippen MR) is 86.3 cm³/mol. The third-order valence-corrected chi connectivity index (χ3v) is 4.97. The molecule has 1 aliphatic heterocycles. The monoisotopic (exact) mass is 312 g/mol. The molecule has 1 atom stereocenters. The number of hydrogen-bond donors (Lipinski definition) is 0. The van der Waals surface area contributed by atoms with E-state index in [2.05, 4.69) is 11.2 Å². The lowest BCUT2D eigenvalue weighted by atomic mass is 10.1. The van der Waals surface area contributed by atoms with Crippen LogP contribution < -0.4 is 4.90 Å². The highest BCUT2D eigenvalue weighted by Gasteiger charge is 2.31. The summed E-state index contributed by atoms with van der Waals surface area (Å²) in [6.45, 7) is 1.17. The highest BCUT2D eigenvalue weighted by Crippen LogP contribution is 2.31. The van der Waals surface area contributed by atoms with Gasteiger partial charge >= 0.3 is 0 Å². The molecular weight excluding hydrogens is 296 g/mol. The second kappa shape index (κ2) is 6.16. The summed E-state index contributed by atoms with van der Waals surface area (Å²) in [5.41, 5.74) is 1.10. The van der Waals surface area contributed by atoms with Crippen molar-refractivity contribution < 1.29 is 4.79 Å². The van der Waals surface area contributed by atoms with Gasteiger partial charge in [0.2, 0.25) is 5.91 Å². The van der Waals surface area contributed by atoms with Gasteiger partial charge in [0.25, 0.3) is 0 Å². The number of nitrogens with zero attached hydrogens (tertiary/aromatic N) is 4. The molecule has 0 bridgehead atoms. The minimum atomic E-state index is -0.117. The fourth-order valence-corrected chi connectivity index (χ4v) is 3.46. The van der Waals surface area contributed by atoms with Gasteiger partial charge in [0.15, 0.2) is 11.3 Å². The second-order valence-corrected chi connectivity index (χ2v) is 6.31. The van der Waals surface area contributed by atoms with Crippen LogP contribution in [0.15, 0.2) is 36.5 Å². The quantitative estimate of drug-likeness (QED) is 0.817. The van der Waals surface area contributed by atoms with Gasteiger partial charge in [-0.25, -0.2) is 4.98 Å². The summed E-state index contributed by atoms with van der Waals surface area (Å²) in [6.07, 6.45) is 4.63. The van der Waals surface area contributed by atoms with E-state index in [1.54, 1.807) is 23.0 Å². The van der Waals surface area contributed by atoms with E-state index in [4.69, 9.17) is 5.26 Å². The van der Waals surface area contributed by atoms with Crippen molar-refractivity contribution in [2.75, 3.05) is 25.0 Å². The van der Waals surface area contributed by atoms with Crippen LogP contribution in [0.2, 0.25) is 0 Å². The van der Waals surface area contributed by atoms with Crippen LogP contribution in [0.1, 0.15) is 6.42 Å². The maximum absolute atomic E-state index is 12.5. The van der Waals surface area contributed by atoms with Crippen molar-refractivity contribution in [2.24, 2.45) is 5.92 Å². The summed E-state index contributed by atoms with van der Waals surface area (Å²) in [4.78, 5) is 21.2. The van der Waals surface area contributed by atoms with Crippen LogP contribution in [-0.4, -0.2) is 35.9 Å². The topological polar surface area (TPSA) is 60.2 Å². The number of aromatic nitrogens is 1. The smallest absolute Gasteiger partial charge is 0.233 e. The first kappa shape index (κ1) is 14.5. The minimum Gasteiger partial charge on any atom is -0.310 e. The van der Waals surface area contributed by atoms with Crippen molar-refractivity contribution in [3.63, 3.8) is 0 Å². The highest BCUT2D eigenvalue weighted by atomic mass is 32.1. The van der Waals surface area contributed by atoms with Crippen LogP contribution in [-0.2, 0) is 4.79 Å². The van der Waals surface area contributed by atoms with Gasteiger partial charge in [-0.05, 0) is 12.0 Å². The first-order valence-corrected chi connectivity index (χ1v) is 7.94. The van der Waals surface area contributed by atoms with Crippen LogP contribution in [0.25, 0.3) is 10.4 Å². The zero-order chi connectivity index (χ0) is 15.5. The molecule has 1 fully saturated rings. The molecular formula is C16H16N4OS. The zero-order valence-electron chi connectivity index (χ0n) is 12.3. The Kier molecular flexibility index (Phi) is 4.07. The Balaban J connectivity index is 1.73. The maximum Gasteiger partial charge on any atom is 0.233 e. The molecule has 6 heteroatoms. The van der Waals surface area contributed by atoms with Gasteiger partial charge < -0.3 is 4.90 Å². The molecule has 0 saturated carbocycles. The summed E-state index contributed by atoms with van der Waals surface area (Å²) < 4.78 is 0. The van der Waals surface area contributed by atoms with Crippen molar-refractivity contribution in [1.29, 1.82) is 5.26 Å². The van der Waals surface area contributed by atoms with E-state index in [9.17, 15) is 4.79 Å². The van der Waals surface area contributed by atoms with E-state index in [0.29, 0.717) is 18.2 Å². The van der Waals surface area contributed by atoms with Crippen molar-refractivity contribution in [1.82, 2.24) is 9.88 Å². The molecule has 0 N–H and O–H groups in total. The molecule has 1 aromatic carbocycles. The number of carbonyl (C=O) groups is 1. The lowest BCUT2D eigenvalue weighted by molar-refractivity contribution is -0.121. The molecule has 3 rings (SSSR count). The Morgan fingerprint density at radius 3 is 2.91 bits per heavy atom. The van der Waals surface area contributed by atoms with Crippen molar-refractivity contribution in [3.8, 4) is 16.6 Å². The van der Waals surface area contributed by atoms with E-state index in [0.717, 1.165) is 16.9 Å². The lowest BCUT2D eigenvalue weighted by Crippen LogP contribution is -2.34. The largest absolute Gasteiger partial charge is 0.310 e. The molecule has 2 heterocycles. The van der Waals surface area contributed by atoms with E-state index in [1.165, 1.54) is 11.3 Å². The van der Waals surface area contributed by atoms with Crippen LogP contribution in [0.4, 0.5) is 5.13 Å². The number of benzene rings is 1. The van der Waals surface area contributed by atoms with Crippen LogP contribution in [0, 0.1) is 17.4 Å². The molecule has 22 heavy (non-hydrogen) atoms. The molecule has 0 aliphatic carbocycles. The van der Waals surface area contributed by atoms with Crippen molar-refractivity contribution in [2.45, 2.75) is 6.42 Å². The molecule has 1 unspecified atom stereocenters. The van der Waals surface area contributed by atoms with Gasteiger partial charge in [0, 0.05) is 26.3 Å². The Morgan fingerprint density at radius 2 is 2.23 bits per heavy atom. The van der Waals surface area contributed by atoms with E-state index >= 15 is 0 Å². The van der Waals surface area contributed by atoms with Gasteiger partial charge in [-0.3, -0.25) is 9.69 Å². The summed E-state index contributed by atoms with van der Waals surface area (Å²) in [5.74, 6) is -0.0829. The number of likely N-dealkylation sites (tertiary alicyclic amines) is 1. The van der Waals surface area contributed by atoms with Gasteiger partial charge in [0.05, 0.1) is 10.8 Å².